The average molecular weight is 233 g/mol. The highest BCUT2D eigenvalue weighted by atomic mass is 32.1. The lowest BCUT2D eigenvalue weighted by molar-refractivity contribution is 0.629. The lowest BCUT2D eigenvalue weighted by atomic mass is 10.2. The van der Waals surface area contributed by atoms with Crippen molar-refractivity contribution >= 4 is 17.0 Å². The minimum Gasteiger partial charge on any atom is -0.363 e. The van der Waals surface area contributed by atoms with E-state index in [0.29, 0.717) is 5.69 Å². The Morgan fingerprint density at radius 3 is 2.88 bits per heavy atom. The van der Waals surface area contributed by atoms with Crippen molar-refractivity contribution < 1.29 is 4.39 Å². The molecule has 2 rings (SSSR count). The molecule has 1 unspecified atom stereocenters. The number of halogens is 1. The molecule has 0 fully saturated rings. The molecular formula is C11H8FN3S. The molecule has 0 saturated carbocycles. The van der Waals surface area contributed by atoms with Gasteiger partial charge in [-0.3, -0.25) is 4.98 Å². The van der Waals surface area contributed by atoms with Crippen LogP contribution in [0.1, 0.15) is 10.9 Å². The maximum Gasteiger partial charge on any atom is 0.151 e. The first-order chi connectivity index (χ1) is 7.81. The molecule has 0 aliphatic heterocycles. The zero-order valence-electron chi connectivity index (χ0n) is 8.22. The number of para-hydroxylation sites is 1. The highest BCUT2D eigenvalue weighted by molar-refractivity contribution is 7.09. The quantitative estimate of drug-likeness (QED) is 0.886. The van der Waals surface area contributed by atoms with Crippen LogP contribution in [-0.4, -0.2) is 4.98 Å². The van der Waals surface area contributed by atoms with Crippen LogP contribution in [0.5, 0.6) is 0 Å². The summed E-state index contributed by atoms with van der Waals surface area (Å²) in [6, 6.07) is 7.78. The molecule has 1 aromatic heterocycles. The molecule has 5 heteroatoms. The van der Waals surface area contributed by atoms with Crippen molar-refractivity contribution in [3.05, 3.63) is 46.7 Å². The lowest BCUT2D eigenvalue weighted by Crippen LogP contribution is -2.08. The van der Waals surface area contributed by atoms with E-state index < -0.39 is 6.04 Å². The van der Waals surface area contributed by atoms with Gasteiger partial charge in [-0.05, 0) is 12.1 Å². The second-order valence-electron chi connectivity index (χ2n) is 3.09. The number of hydrogen-bond acceptors (Lipinski definition) is 4. The molecule has 1 aromatic carbocycles. The normalized spacial score (nSPS) is 11.8. The van der Waals surface area contributed by atoms with Crippen molar-refractivity contribution in [1.29, 1.82) is 5.26 Å². The topological polar surface area (TPSA) is 48.7 Å². The number of nitrogens with one attached hydrogen (secondary N) is 1. The van der Waals surface area contributed by atoms with E-state index in [1.807, 2.05) is 0 Å². The summed E-state index contributed by atoms with van der Waals surface area (Å²) in [7, 11) is 0. The van der Waals surface area contributed by atoms with Gasteiger partial charge in [0.25, 0.3) is 0 Å². The summed E-state index contributed by atoms with van der Waals surface area (Å²) in [6.07, 6.45) is 1.60. The Morgan fingerprint density at radius 2 is 2.25 bits per heavy atom. The zero-order chi connectivity index (χ0) is 11.4. The summed E-state index contributed by atoms with van der Waals surface area (Å²) in [5.74, 6) is -0.368. The van der Waals surface area contributed by atoms with Crippen LogP contribution in [0.15, 0.2) is 36.0 Å². The molecule has 2 aromatic rings. The summed E-state index contributed by atoms with van der Waals surface area (Å²) in [6.45, 7) is 0. The number of aromatic nitrogens is 1. The van der Waals surface area contributed by atoms with Gasteiger partial charge in [-0.1, -0.05) is 12.1 Å². The van der Waals surface area contributed by atoms with Crippen LogP contribution in [-0.2, 0) is 0 Å². The number of hydrogen-bond donors (Lipinski definition) is 1. The molecule has 3 nitrogen and oxygen atoms in total. The summed E-state index contributed by atoms with van der Waals surface area (Å²) in [4.78, 5) is 4.66. The maximum absolute atomic E-state index is 13.3. The fourth-order valence-electron chi connectivity index (χ4n) is 1.27. The Labute approximate surface area is 96.2 Å². The Morgan fingerprint density at radius 1 is 1.44 bits per heavy atom. The van der Waals surface area contributed by atoms with Gasteiger partial charge in [0.2, 0.25) is 0 Å². The van der Waals surface area contributed by atoms with E-state index in [1.54, 1.807) is 29.9 Å². The summed E-state index contributed by atoms with van der Waals surface area (Å²) < 4.78 is 13.3. The van der Waals surface area contributed by atoms with Gasteiger partial charge in [0.1, 0.15) is 5.82 Å². The summed E-state index contributed by atoms with van der Waals surface area (Å²) in [5, 5.41) is 11.8. The highest BCUT2D eigenvalue weighted by Gasteiger charge is 2.13. The van der Waals surface area contributed by atoms with Crippen LogP contribution < -0.4 is 5.32 Å². The summed E-state index contributed by atoms with van der Waals surface area (Å²) >= 11 is 1.36. The fraction of sp³-hybridized carbons (Fsp3) is 0.0909. The van der Waals surface area contributed by atoms with Gasteiger partial charge in [0.15, 0.2) is 6.04 Å². The molecule has 0 amide bonds. The zero-order valence-corrected chi connectivity index (χ0v) is 9.04. The number of benzene rings is 1. The molecule has 80 valence electrons. The number of nitrogens with zero attached hydrogens (tertiary/aromatic N) is 2. The van der Waals surface area contributed by atoms with E-state index in [4.69, 9.17) is 5.26 Å². The van der Waals surface area contributed by atoms with Crippen LogP contribution in [0.4, 0.5) is 10.1 Å². The van der Waals surface area contributed by atoms with Crippen LogP contribution in [0.3, 0.4) is 0 Å². The smallest absolute Gasteiger partial charge is 0.151 e. The van der Waals surface area contributed by atoms with E-state index in [-0.39, 0.29) is 5.82 Å². The standard InChI is InChI=1S/C11H8FN3S/c12-8-3-1-2-4-9(8)15-10(5-13)11-6-14-7-16-11/h1-4,6-7,10,15H. The van der Waals surface area contributed by atoms with Crippen molar-refractivity contribution in [2.75, 3.05) is 5.32 Å². The van der Waals surface area contributed by atoms with Crippen LogP contribution in [0, 0.1) is 17.1 Å². The lowest BCUT2D eigenvalue weighted by Gasteiger charge is -2.11. The predicted octanol–water partition coefficient (Wildman–Crippen LogP) is 2.96. The van der Waals surface area contributed by atoms with Gasteiger partial charge in [-0.2, -0.15) is 5.26 Å². The number of thiazole rings is 1. The Balaban J connectivity index is 2.21. The number of anilines is 1. The van der Waals surface area contributed by atoms with E-state index in [9.17, 15) is 4.39 Å². The maximum atomic E-state index is 13.3. The fourth-order valence-corrected chi connectivity index (χ4v) is 1.88. The molecule has 0 aliphatic rings. The van der Waals surface area contributed by atoms with Crippen molar-refractivity contribution in [2.45, 2.75) is 6.04 Å². The van der Waals surface area contributed by atoms with Gasteiger partial charge in [-0.15, -0.1) is 11.3 Å². The van der Waals surface area contributed by atoms with Crippen molar-refractivity contribution in [2.24, 2.45) is 0 Å². The van der Waals surface area contributed by atoms with Crippen molar-refractivity contribution in [1.82, 2.24) is 4.98 Å². The molecule has 0 bridgehead atoms. The number of nitriles is 1. The third-order valence-electron chi connectivity index (χ3n) is 2.04. The van der Waals surface area contributed by atoms with E-state index in [0.717, 1.165) is 4.88 Å². The molecule has 0 aliphatic carbocycles. The first kappa shape index (κ1) is 10.6. The van der Waals surface area contributed by atoms with Crippen LogP contribution in [0.25, 0.3) is 0 Å². The molecule has 0 radical (unpaired) electrons. The van der Waals surface area contributed by atoms with Gasteiger partial charge in [0, 0.05) is 6.20 Å². The molecule has 1 heterocycles. The molecule has 0 saturated heterocycles. The third kappa shape index (κ3) is 2.18. The third-order valence-corrected chi connectivity index (χ3v) is 2.88. The molecular weight excluding hydrogens is 225 g/mol. The first-order valence-electron chi connectivity index (χ1n) is 4.60. The van der Waals surface area contributed by atoms with Gasteiger partial charge >= 0.3 is 0 Å². The van der Waals surface area contributed by atoms with Gasteiger partial charge < -0.3 is 5.32 Å². The molecule has 1 atom stereocenters. The molecule has 1 N–H and O–H groups in total. The van der Waals surface area contributed by atoms with E-state index in [2.05, 4.69) is 16.4 Å². The van der Waals surface area contributed by atoms with Gasteiger partial charge in [0.05, 0.1) is 22.1 Å². The second-order valence-corrected chi connectivity index (χ2v) is 4.01. The minimum absolute atomic E-state index is 0.322. The SMILES string of the molecule is N#CC(Nc1ccccc1F)c1cncs1. The average Bonchev–Trinajstić information content (AvgIpc) is 2.81. The highest BCUT2D eigenvalue weighted by Crippen LogP contribution is 2.23. The molecule has 0 spiro atoms. The monoisotopic (exact) mass is 233 g/mol. The molecule has 16 heavy (non-hydrogen) atoms. The van der Waals surface area contributed by atoms with E-state index in [1.165, 1.54) is 17.4 Å². The minimum atomic E-state index is -0.565. The van der Waals surface area contributed by atoms with Gasteiger partial charge in [-0.25, -0.2) is 4.39 Å². The Kier molecular flexibility index (Phi) is 3.13. The summed E-state index contributed by atoms with van der Waals surface area (Å²) in [5.41, 5.74) is 1.96. The predicted molar refractivity (Wildman–Crippen MR) is 60.5 cm³/mol. The second kappa shape index (κ2) is 4.73. The first-order valence-corrected chi connectivity index (χ1v) is 5.48. The Hall–Kier alpha value is -1.93. The Bertz CT molecular complexity index is 504. The van der Waals surface area contributed by atoms with Crippen molar-refractivity contribution in [3.8, 4) is 6.07 Å². The number of rotatable bonds is 3. The van der Waals surface area contributed by atoms with Crippen molar-refractivity contribution in [3.63, 3.8) is 0 Å². The van der Waals surface area contributed by atoms with Crippen LogP contribution in [0.2, 0.25) is 0 Å². The van der Waals surface area contributed by atoms with Crippen LogP contribution >= 0.6 is 11.3 Å². The largest absolute Gasteiger partial charge is 0.363 e. The van der Waals surface area contributed by atoms with E-state index >= 15 is 0 Å².